The summed E-state index contributed by atoms with van der Waals surface area (Å²) in [6, 6.07) is 1.59. The third-order valence-corrected chi connectivity index (χ3v) is 8.16. The lowest BCUT2D eigenvalue weighted by Crippen LogP contribution is -2.78. The summed E-state index contributed by atoms with van der Waals surface area (Å²) in [6.07, 6.45) is 0.944. The summed E-state index contributed by atoms with van der Waals surface area (Å²) in [5, 5.41) is 11.5. The minimum Gasteiger partial charge on any atom is -0.472 e. The summed E-state index contributed by atoms with van der Waals surface area (Å²) < 4.78 is 22.0. The van der Waals surface area contributed by atoms with Crippen LogP contribution in [-0.2, 0) is 23.8 Å². The zero-order valence-electron chi connectivity index (χ0n) is 15.4. The van der Waals surface area contributed by atoms with E-state index in [1.807, 2.05) is 6.92 Å². The van der Waals surface area contributed by atoms with Gasteiger partial charge in [-0.1, -0.05) is 13.8 Å². The minimum absolute atomic E-state index is 0.0563. The molecule has 2 saturated carbocycles. The van der Waals surface area contributed by atoms with Gasteiger partial charge in [0.25, 0.3) is 0 Å². The molecule has 0 amide bonds. The van der Waals surface area contributed by atoms with Crippen molar-refractivity contribution in [3.63, 3.8) is 0 Å². The van der Waals surface area contributed by atoms with E-state index < -0.39 is 58.7 Å². The molecule has 8 nitrogen and oxygen atoms in total. The lowest BCUT2D eigenvalue weighted by molar-refractivity contribution is -0.283. The maximum atomic E-state index is 13.0. The zero-order chi connectivity index (χ0) is 19.6. The first-order valence-electron chi connectivity index (χ1n) is 9.57. The van der Waals surface area contributed by atoms with Gasteiger partial charge < -0.3 is 23.7 Å². The Kier molecular flexibility index (Phi) is 2.80. The summed E-state index contributed by atoms with van der Waals surface area (Å²) in [6.45, 7) is 3.65. The lowest BCUT2D eigenvalue weighted by Gasteiger charge is -2.64. The van der Waals surface area contributed by atoms with Crippen LogP contribution in [0.3, 0.4) is 0 Å². The average molecular weight is 388 g/mol. The number of rotatable bonds is 3. The molecule has 6 fully saturated rings. The van der Waals surface area contributed by atoms with E-state index in [4.69, 9.17) is 18.6 Å². The van der Waals surface area contributed by atoms with Gasteiger partial charge in [-0.25, -0.2) is 4.79 Å². The van der Waals surface area contributed by atoms with E-state index in [0.29, 0.717) is 12.0 Å². The Bertz CT molecular complexity index is 923. The monoisotopic (exact) mass is 388 g/mol. The third kappa shape index (κ3) is 1.57. The van der Waals surface area contributed by atoms with Gasteiger partial charge in [0.1, 0.15) is 30.7 Å². The first-order chi connectivity index (χ1) is 13.2. The fraction of sp³-hybridized carbons (Fsp3) is 0.650. The molecule has 148 valence electrons. The van der Waals surface area contributed by atoms with Gasteiger partial charge in [0.05, 0.1) is 23.2 Å². The van der Waals surface area contributed by atoms with Crippen molar-refractivity contribution in [1.29, 1.82) is 0 Å². The smallest absolute Gasteiger partial charge is 0.342 e. The number of esters is 2. The lowest BCUT2D eigenvalue weighted by atomic mass is 9.41. The van der Waals surface area contributed by atoms with E-state index >= 15 is 0 Å². The van der Waals surface area contributed by atoms with Crippen LogP contribution in [0.25, 0.3) is 0 Å². The second kappa shape index (κ2) is 4.68. The van der Waals surface area contributed by atoms with Crippen LogP contribution in [-0.4, -0.2) is 52.8 Å². The largest absolute Gasteiger partial charge is 0.472 e. The molecular formula is C20H20O8. The summed E-state index contributed by atoms with van der Waals surface area (Å²) >= 11 is 0. The van der Waals surface area contributed by atoms with Crippen LogP contribution in [0.1, 0.15) is 37.0 Å². The molecule has 0 aromatic carbocycles. The van der Waals surface area contributed by atoms with Crippen LogP contribution in [0.4, 0.5) is 0 Å². The highest BCUT2D eigenvalue weighted by atomic mass is 16.7. The van der Waals surface area contributed by atoms with E-state index in [9.17, 15) is 19.5 Å². The van der Waals surface area contributed by atoms with Crippen LogP contribution in [0.2, 0.25) is 0 Å². The van der Waals surface area contributed by atoms with Gasteiger partial charge in [-0.3, -0.25) is 9.59 Å². The second-order valence-corrected chi connectivity index (χ2v) is 9.25. The number of epoxide rings is 1. The number of aliphatic hydroxyl groups is 1. The maximum absolute atomic E-state index is 13.0. The SMILES string of the molecule is C[C@@]1(CC(=O)c2ccoc2)[C@H]2C[C@H](OC2=O)[C@]2(C)[C@H]1[C@@H]1OC(=O)[C@@]2(O)C2O[C@@H]21. The topological polar surface area (TPSA) is 116 Å². The number of hydrogen-bond acceptors (Lipinski definition) is 8. The molecule has 4 bridgehead atoms. The highest BCUT2D eigenvalue weighted by Crippen LogP contribution is 2.72. The van der Waals surface area contributed by atoms with Crippen LogP contribution in [0.15, 0.2) is 23.0 Å². The maximum Gasteiger partial charge on any atom is 0.342 e. The molecule has 6 aliphatic rings. The molecule has 1 unspecified atom stereocenters. The second-order valence-electron chi connectivity index (χ2n) is 9.25. The molecule has 9 atom stereocenters. The number of fused-ring (bicyclic) bond motifs is 3. The molecule has 1 N–H and O–H groups in total. The number of ether oxygens (including phenoxy) is 3. The van der Waals surface area contributed by atoms with Crippen LogP contribution in [0.5, 0.6) is 0 Å². The Labute approximate surface area is 160 Å². The van der Waals surface area contributed by atoms with Crippen molar-refractivity contribution < 1.29 is 38.1 Å². The van der Waals surface area contributed by atoms with Crippen LogP contribution in [0, 0.1) is 22.7 Å². The van der Waals surface area contributed by atoms with E-state index in [0.717, 1.165) is 0 Å². The molecule has 28 heavy (non-hydrogen) atoms. The summed E-state index contributed by atoms with van der Waals surface area (Å²) in [5.74, 6) is -2.22. The van der Waals surface area contributed by atoms with Crippen molar-refractivity contribution in [2.24, 2.45) is 22.7 Å². The minimum atomic E-state index is -1.89. The number of carbonyl (C=O) groups excluding carboxylic acids is 3. The van der Waals surface area contributed by atoms with Crippen molar-refractivity contribution >= 4 is 17.7 Å². The van der Waals surface area contributed by atoms with Crippen LogP contribution < -0.4 is 0 Å². The molecule has 7 rings (SSSR count). The van der Waals surface area contributed by atoms with Gasteiger partial charge in [0.15, 0.2) is 11.4 Å². The first-order valence-corrected chi connectivity index (χ1v) is 9.57. The summed E-state index contributed by atoms with van der Waals surface area (Å²) in [7, 11) is 0. The number of hydrogen-bond donors (Lipinski definition) is 1. The van der Waals surface area contributed by atoms with Crippen molar-refractivity contribution in [3.05, 3.63) is 24.2 Å². The fourth-order valence-electron chi connectivity index (χ4n) is 6.78. The predicted molar refractivity (Wildman–Crippen MR) is 88.8 cm³/mol. The van der Waals surface area contributed by atoms with E-state index in [-0.39, 0.29) is 18.2 Å². The van der Waals surface area contributed by atoms with Crippen molar-refractivity contribution in [3.8, 4) is 0 Å². The predicted octanol–water partition coefficient (Wildman–Crippen LogP) is 0.864. The number of carbonyl (C=O) groups is 3. The molecule has 5 heterocycles. The molecular weight excluding hydrogens is 368 g/mol. The molecule has 2 aliphatic carbocycles. The van der Waals surface area contributed by atoms with Gasteiger partial charge in [0.2, 0.25) is 0 Å². The zero-order valence-corrected chi connectivity index (χ0v) is 15.4. The third-order valence-electron chi connectivity index (χ3n) is 8.16. The van der Waals surface area contributed by atoms with E-state index in [2.05, 4.69) is 0 Å². The Morgan fingerprint density at radius 1 is 1.25 bits per heavy atom. The van der Waals surface area contributed by atoms with Gasteiger partial charge >= 0.3 is 11.9 Å². The number of ketones is 1. The molecule has 0 radical (unpaired) electrons. The highest BCUT2D eigenvalue weighted by Gasteiger charge is 2.87. The molecule has 0 spiro atoms. The Morgan fingerprint density at radius 2 is 2.04 bits per heavy atom. The highest BCUT2D eigenvalue weighted by molar-refractivity contribution is 5.97. The quantitative estimate of drug-likeness (QED) is 0.461. The van der Waals surface area contributed by atoms with Crippen molar-refractivity contribution in [2.45, 2.75) is 56.7 Å². The molecule has 4 saturated heterocycles. The van der Waals surface area contributed by atoms with Gasteiger partial charge in [-0.2, -0.15) is 0 Å². The summed E-state index contributed by atoms with van der Waals surface area (Å²) in [5.41, 5.74) is -3.41. The first kappa shape index (κ1) is 16.7. The average Bonchev–Trinajstić information content (AvgIpc) is 3.10. The van der Waals surface area contributed by atoms with Gasteiger partial charge in [-0.05, 0) is 17.9 Å². The Hall–Kier alpha value is -2.19. The fourth-order valence-corrected chi connectivity index (χ4v) is 6.78. The van der Waals surface area contributed by atoms with Crippen molar-refractivity contribution in [2.75, 3.05) is 0 Å². The van der Waals surface area contributed by atoms with Crippen LogP contribution >= 0.6 is 0 Å². The molecule has 1 aromatic heterocycles. The summed E-state index contributed by atoms with van der Waals surface area (Å²) in [4.78, 5) is 38.4. The Balaban J connectivity index is 1.51. The van der Waals surface area contributed by atoms with Gasteiger partial charge in [-0.15, -0.1) is 0 Å². The normalized spacial score (nSPS) is 52.5. The molecule has 8 heteroatoms. The van der Waals surface area contributed by atoms with E-state index in [1.54, 1.807) is 13.0 Å². The standard InChI is InChI=1S/C20H20O8/c1-18(6-10(21)8-3-4-25-7-8)9-5-11(26-16(9)22)19(2)14(18)12-13-15(27-13)20(19,24)17(23)28-12/h3-4,7,9,11-15,24H,5-6H2,1-2H3/t9-,11-,12+,13+,14-,15?,18+,19+,20-/m0/s1. The number of Topliss-reactive ketones (excluding diaryl/α,β-unsaturated/α-hetero) is 1. The van der Waals surface area contributed by atoms with Gasteiger partial charge in [0, 0.05) is 12.3 Å². The Morgan fingerprint density at radius 3 is 2.75 bits per heavy atom. The number of furan rings is 1. The van der Waals surface area contributed by atoms with Crippen molar-refractivity contribution in [1.82, 2.24) is 0 Å². The molecule has 1 aromatic rings. The van der Waals surface area contributed by atoms with E-state index in [1.165, 1.54) is 12.5 Å². The molecule has 4 aliphatic heterocycles.